The smallest absolute Gasteiger partial charge is 0.407 e. The molecule has 4 nitrogen and oxygen atoms in total. The predicted molar refractivity (Wildman–Crippen MR) is 60.2 cm³/mol. The SMILES string of the molecule is CC(C)(C)OC(=O)N[C@@H]1CNC[C@@H](C(F)(F)F)C1. The van der Waals surface area contributed by atoms with Gasteiger partial charge in [-0.15, -0.1) is 0 Å². The first-order valence-corrected chi connectivity index (χ1v) is 5.85. The largest absolute Gasteiger partial charge is 0.444 e. The van der Waals surface area contributed by atoms with E-state index in [2.05, 4.69) is 10.6 Å². The number of ether oxygens (including phenoxy) is 1. The van der Waals surface area contributed by atoms with Crippen molar-refractivity contribution in [3.63, 3.8) is 0 Å². The van der Waals surface area contributed by atoms with Crippen molar-refractivity contribution in [3.05, 3.63) is 0 Å². The van der Waals surface area contributed by atoms with Crippen LogP contribution in [0.2, 0.25) is 0 Å². The van der Waals surface area contributed by atoms with Gasteiger partial charge in [0.05, 0.1) is 5.92 Å². The zero-order valence-electron chi connectivity index (χ0n) is 10.7. The first kappa shape index (κ1) is 15.1. The van der Waals surface area contributed by atoms with Gasteiger partial charge >= 0.3 is 12.3 Å². The molecule has 0 unspecified atom stereocenters. The van der Waals surface area contributed by atoms with Gasteiger partial charge in [-0.25, -0.2) is 4.79 Å². The average Bonchev–Trinajstić information content (AvgIpc) is 2.13. The van der Waals surface area contributed by atoms with Gasteiger partial charge in [0.1, 0.15) is 5.60 Å². The number of rotatable bonds is 1. The summed E-state index contributed by atoms with van der Waals surface area (Å²) in [5.41, 5.74) is -0.657. The van der Waals surface area contributed by atoms with E-state index in [1.165, 1.54) is 0 Å². The number of alkyl carbamates (subject to hydrolysis) is 1. The second-order valence-corrected chi connectivity index (χ2v) is 5.48. The second kappa shape index (κ2) is 5.34. The van der Waals surface area contributed by atoms with E-state index in [0.29, 0.717) is 6.54 Å². The molecule has 1 amide bonds. The van der Waals surface area contributed by atoms with E-state index in [1.807, 2.05) is 0 Å². The number of carbonyl (C=O) groups excluding carboxylic acids is 1. The van der Waals surface area contributed by atoms with E-state index in [1.54, 1.807) is 20.8 Å². The highest BCUT2D eigenvalue weighted by molar-refractivity contribution is 5.68. The summed E-state index contributed by atoms with van der Waals surface area (Å²) >= 11 is 0. The van der Waals surface area contributed by atoms with Crippen molar-refractivity contribution in [1.82, 2.24) is 10.6 Å². The minimum Gasteiger partial charge on any atom is -0.444 e. The molecular weight excluding hydrogens is 249 g/mol. The van der Waals surface area contributed by atoms with Gasteiger partial charge in [0.15, 0.2) is 0 Å². The standard InChI is InChI=1S/C11H19F3N2O2/c1-10(2,3)18-9(17)16-8-4-7(5-15-6-8)11(12,13)14/h7-8,15H,4-6H2,1-3H3,(H,16,17)/t7-,8-/m0/s1. The van der Waals surface area contributed by atoms with Gasteiger partial charge < -0.3 is 15.4 Å². The van der Waals surface area contributed by atoms with Crippen molar-refractivity contribution in [3.8, 4) is 0 Å². The van der Waals surface area contributed by atoms with Crippen LogP contribution < -0.4 is 10.6 Å². The molecule has 1 aliphatic rings. The Morgan fingerprint density at radius 1 is 1.28 bits per heavy atom. The van der Waals surface area contributed by atoms with Crippen LogP contribution in [0.5, 0.6) is 0 Å². The maximum atomic E-state index is 12.5. The maximum absolute atomic E-state index is 12.5. The number of halogens is 3. The summed E-state index contributed by atoms with van der Waals surface area (Å²) in [4.78, 5) is 11.4. The fraction of sp³-hybridized carbons (Fsp3) is 0.909. The van der Waals surface area contributed by atoms with Crippen LogP contribution in [0.3, 0.4) is 0 Å². The first-order valence-electron chi connectivity index (χ1n) is 5.85. The third kappa shape index (κ3) is 5.12. The quantitative estimate of drug-likeness (QED) is 0.765. The van der Waals surface area contributed by atoms with Crippen molar-refractivity contribution in [2.75, 3.05) is 13.1 Å². The van der Waals surface area contributed by atoms with Gasteiger partial charge in [-0.3, -0.25) is 0 Å². The summed E-state index contributed by atoms with van der Waals surface area (Å²) < 4.78 is 42.6. The Labute approximate surface area is 104 Å². The number of nitrogens with one attached hydrogen (secondary N) is 2. The number of hydrogen-bond acceptors (Lipinski definition) is 3. The first-order chi connectivity index (χ1) is 8.08. The molecule has 0 aromatic rings. The van der Waals surface area contributed by atoms with Crippen LogP contribution in [-0.2, 0) is 4.74 Å². The highest BCUT2D eigenvalue weighted by Crippen LogP contribution is 2.30. The van der Waals surface area contributed by atoms with Crippen LogP contribution >= 0.6 is 0 Å². The molecule has 0 aliphatic carbocycles. The number of alkyl halides is 3. The Kier molecular flexibility index (Phi) is 4.47. The van der Waals surface area contributed by atoms with Crippen molar-refractivity contribution in [2.24, 2.45) is 5.92 Å². The monoisotopic (exact) mass is 268 g/mol. The predicted octanol–water partition coefficient (Wildman–Crippen LogP) is 2.05. The molecule has 1 aliphatic heterocycles. The highest BCUT2D eigenvalue weighted by Gasteiger charge is 2.42. The van der Waals surface area contributed by atoms with Crippen molar-refractivity contribution >= 4 is 6.09 Å². The Morgan fingerprint density at radius 2 is 1.89 bits per heavy atom. The van der Waals surface area contributed by atoms with E-state index < -0.39 is 29.8 Å². The number of hydrogen-bond donors (Lipinski definition) is 2. The van der Waals surface area contributed by atoms with Gasteiger partial charge in [-0.1, -0.05) is 0 Å². The van der Waals surface area contributed by atoms with E-state index >= 15 is 0 Å². The zero-order chi connectivity index (χ0) is 14.0. The normalized spacial score (nSPS) is 25.7. The van der Waals surface area contributed by atoms with Gasteiger partial charge in [-0.05, 0) is 27.2 Å². The third-order valence-corrected chi connectivity index (χ3v) is 2.53. The lowest BCUT2D eigenvalue weighted by Crippen LogP contribution is -2.52. The zero-order valence-corrected chi connectivity index (χ0v) is 10.7. The van der Waals surface area contributed by atoms with Crippen LogP contribution in [0, 0.1) is 5.92 Å². The van der Waals surface area contributed by atoms with Crippen molar-refractivity contribution in [2.45, 2.75) is 45.0 Å². The minimum absolute atomic E-state index is 0.101. The van der Waals surface area contributed by atoms with Gasteiger partial charge in [-0.2, -0.15) is 13.2 Å². The van der Waals surface area contributed by atoms with Crippen LogP contribution in [0.25, 0.3) is 0 Å². The lowest BCUT2D eigenvalue weighted by atomic mass is 9.95. The maximum Gasteiger partial charge on any atom is 0.407 e. The number of amides is 1. The molecule has 0 aromatic heterocycles. The Morgan fingerprint density at radius 3 is 2.39 bits per heavy atom. The number of piperidine rings is 1. The van der Waals surface area contributed by atoms with E-state index in [9.17, 15) is 18.0 Å². The summed E-state index contributed by atoms with van der Waals surface area (Å²) in [6, 6.07) is -0.555. The molecule has 1 rings (SSSR count). The molecule has 0 aromatic carbocycles. The molecule has 2 atom stereocenters. The lowest BCUT2D eigenvalue weighted by molar-refractivity contribution is -0.179. The summed E-state index contributed by atoms with van der Waals surface area (Å²) in [5.74, 6) is -1.42. The lowest BCUT2D eigenvalue weighted by Gasteiger charge is -2.32. The summed E-state index contributed by atoms with van der Waals surface area (Å²) in [6.07, 6.45) is -5.03. The minimum atomic E-state index is -4.23. The second-order valence-electron chi connectivity index (χ2n) is 5.48. The van der Waals surface area contributed by atoms with E-state index in [4.69, 9.17) is 4.74 Å². The topological polar surface area (TPSA) is 50.4 Å². The highest BCUT2D eigenvalue weighted by atomic mass is 19.4. The van der Waals surface area contributed by atoms with Crippen LogP contribution in [0.4, 0.5) is 18.0 Å². The molecular formula is C11H19F3N2O2. The average molecular weight is 268 g/mol. The summed E-state index contributed by atoms with van der Waals surface area (Å²) in [5, 5.41) is 5.12. The van der Waals surface area contributed by atoms with Crippen molar-refractivity contribution < 1.29 is 22.7 Å². The molecule has 7 heteroatoms. The molecule has 1 saturated heterocycles. The molecule has 1 heterocycles. The fourth-order valence-electron chi connectivity index (χ4n) is 1.78. The fourth-order valence-corrected chi connectivity index (χ4v) is 1.78. The molecule has 1 fully saturated rings. The van der Waals surface area contributed by atoms with Gasteiger partial charge in [0.25, 0.3) is 0 Å². The molecule has 2 N–H and O–H groups in total. The van der Waals surface area contributed by atoms with Crippen molar-refractivity contribution in [1.29, 1.82) is 0 Å². The molecule has 0 radical (unpaired) electrons. The molecule has 106 valence electrons. The van der Waals surface area contributed by atoms with Gasteiger partial charge in [0.2, 0.25) is 0 Å². The Hall–Kier alpha value is -0.980. The molecule has 18 heavy (non-hydrogen) atoms. The molecule has 0 bridgehead atoms. The number of carbonyl (C=O) groups is 1. The van der Waals surface area contributed by atoms with Crippen LogP contribution in [0.15, 0.2) is 0 Å². The van der Waals surface area contributed by atoms with E-state index in [0.717, 1.165) is 0 Å². The Bertz CT molecular complexity index is 300. The Balaban J connectivity index is 2.46. The van der Waals surface area contributed by atoms with Crippen LogP contribution in [0.1, 0.15) is 27.2 Å². The molecule has 0 saturated carbocycles. The third-order valence-electron chi connectivity index (χ3n) is 2.53. The summed E-state index contributed by atoms with van der Waals surface area (Å²) in [6.45, 7) is 5.32. The van der Waals surface area contributed by atoms with Gasteiger partial charge in [0, 0.05) is 19.1 Å². The molecule has 0 spiro atoms. The van der Waals surface area contributed by atoms with E-state index in [-0.39, 0.29) is 13.0 Å². The summed E-state index contributed by atoms with van der Waals surface area (Å²) in [7, 11) is 0. The van der Waals surface area contributed by atoms with Crippen LogP contribution in [-0.4, -0.2) is 37.0 Å².